The molecule has 132 valence electrons. The molecule has 2 aliphatic rings. The molecule has 6 nitrogen and oxygen atoms in total. The zero-order valence-corrected chi connectivity index (χ0v) is 15.0. The van der Waals surface area contributed by atoms with E-state index in [4.69, 9.17) is 0 Å². The highest BCUT2D eigenvalue weighted by molar-refractivity contribution is 7.90. The molecule has 2 bridgehead atoms. The first-order chi connectivity index (χ1) is 11.4. The molecule has 0 heterocycles. The monoisotopic (exact) mass is 351 g/mol. The number of hydrogen-bond acceptors (Lipinski definition) is 3. The van der Waals surface area contributed by atoms with Gasteiger partial charge < -0.3 is 5.32 Å². The summed E-state index contributed by atoms with van der Waals surface area (Å²) in [4.78, 5) is 12.5. The molecular weight excluding hydrogens is 326 g/mol. The van der Waals surface area contributed by atoms with E-state index < -0.39 is 10.2 Å². The van der Waals surface area contributed by atoms with Gasteiger partial charge in [-0.15, -0.1) is 0 Å². The summed E-state index contributed by atoms with van der Waals surface area (Å²) in [5.74, 6) is 1.06. The summed E-state index contributed by atoms with van der Waals surface area (Å²) >= 11 is 0. The Kier molecular flexibility index (Phi) is 4.83. The van der Waals surface area contributed by atoms with Gasteiger partial charge >= 0.3 is 10.2 Å². The van der Waals surface area contributed by atoms with Crippen LogP contribution in [0.25, 0.3) is 0 Å². The Morgan fingerprint density at radius 2 is 1.88 bits per heavy atom. The van der Waals surface area contributed by atoms with Crippen LogP contribution in [0, 0.1) is 11.8 Å². The standard InChI is InChI=1S/C17H25N3O3S/c1-19(2)24(22,23)20(15-6-4-3-5-7-15)12-17(21)18-16-11-13-8-9-14(16)10-13/h3-7,13-14,16H,8-12H2,1-2H3,(H,18,21)/t13-,14-,16-/m1/s1. The molecule has 0 spiro atoms. The van der Waals surface area contributed by atoms with Gasteiger partial charge in [0.1, 0.15) is 6.54 Å². The molecular formula is C17H25N3O3S. The zero-order valence-electron chi connectivity index (χ0n) is 14.2. The van der Waals surface area contributed by atoms with Crippen LogP contribution < -0.4 is 9.62 Å². The average molecular weight is 351 g/mol. The Bertz CT molecular complexity index is 690. The van der Waals surface area contributed by atoms with Crippen molar-refractivity contribution in [3.8, 4) is 0 Å². The minimum Gasteiger partial charge on any atom is -0.352 e. The van der Waals surface area contributed by atoms with Crippen molar-refractivity contribution in [3.05, 3.63) is 30.3 Å². The highest BCUT2D eigenvalue weighted by Gasteiger charge is 2.40. The molecule has 2 fully saturated rings. The molecule has 0 aromatic heterocycles. The van der Waals surface area contributed by atoms with Crippen LogP contribution in [0.1, 0.15) is 25.7 Å². The second-order valence-electron chi connectivity index (χ2n) is 6.98. The summed E-state index contributed by atoms with van der Waals surface area (Å²) in [6.45, 7) is -0.196. The molecule has 3 atom stereocenters. The van der Waals surface area contributed by atoms with E-state index >= 15 is 0 Å². The Morgan fingerprint density at radius 3 is 2.42 bits per heavy atom. The maximum Gasteiger partial charge on any atom is 0.304 e. The van der Waals surface area contributed by atoms with Gasteiger partial charge in [-0.05, 0) is 43.2 Å². The van der Waals surface area contributed by atoms with Gasteiger partial charge in [-0.25, -0.2) is 4.31 Å². The van der Waals surface area contributed by atoms with Gasteiger partial charge in [0.25, 0.3) is 0 Å². The Balaban J connectivity index is 1.73. The molecule has 0 saturated heterocycles. The van der Waals surface area contributed by atoms with Crippen LogP contribution in [-0.4, -0.2) is 45.3 Å². The van der Waals surface area contributed by atoms with Crippen LogP contribution in [0.4, 0.5) is 5.69 Å². The fraction of sp³-hybridized carbons (Fsp3) is 0.588. The SMILES string of the molecule is CN(C)S(=O)(=O)N(CC(=O)N[C@@H]1C[C@@H]2CC[C@@H]1C2)c1ccccc1. The summed E-state index contributed by atoms with van der Waals surface area (Å²) in [5.41, 5.74) is 0.495. The lowest BCUT2D eigenvalue weighted by Gasteiger charge is -2.28. The number of nitrogens with one attached hydrogen (secondary N) is 1. The third-order valence-corrected chi connectivity index (χ3v) is 6.98. The van der Waals surface area contributed by atoms with Crippen molar-refractivity contribution >= 4 is 21.8 Å². The Hall–Kier alpha value is -1.60. The minimum atomic E-state index is -3.73. The lowest BCUT2D eigenvalue weighted by molar-refractivity contribution is -0.120. The maximum absolute atomic E-state index is 12.6. The number of para-hydroxylation sites is 1. The molecule has 1 aromatic rings. The smallest absolute Gasteiger partial charge is 0.304 e. The molecule has 0 unspecified atom stereocenters. The van der Waals surface area contributed by atoms with Gasteiger partial charge in [0, 0.05) is 20.1 Å². The summed E-state index contributed by atoms with van der Waals surface area (Å²) in [7, 11) is -0.783. The predicted molar refractivity (Wildman–Crippen MR) is 93.8 cm³/mol. The molecule has 2 aliphatic carbocycles. The molecule has 3 rings (SSSR count). The largest absolute Gasteiger partial charge is 0.352 e. The number of amides is 1. The molecule has 0 aliphatic heterocycles. The van der Waals surface area contributed by atoms with Crippen LogP contribution in [-0.2, 0) is 15.0 Å². The molecule has 2 saturated carbocycles. The summed E-state index contributed by atoms with van der Waals surface area (Å²) in [5, 5.41) is 3.06. The molecule has 24 heavy (non-hydrogen) atoms. The topological polar surface area (TPSA) is 69.7 Å². The van der Waals surface area contributed by atoms with Crippen molar-refractivity contribution in [1.29, 1.82) is 0 Å². The number of rotatable bonds is 6. The predicted octanol–water partition coefficient (Wildman–Crippen LogP) is 1.60. The van der Waals surface area contributed by atoms with E-state index in [0.717, 1.165) is 20.9 Å². The van der Waals surface area contributed by atoms with E-state index in [9.17, 15) is 13.2 Å². The lowest BCUT2D eigenvalue weighted by atomic mass is 9.95. The first-order valence-electron chi connectivity index (χ1n) is 8.42. The van der Waals surface area contributed by atoms with Crippen molar-refractivity contribution in [2.45, 2.75) is 31.7 Å². The number of benzene rings is 1. The number of fused-ring (bicyclic) bond motifs is 2. The maximum atomic E-state index is 12.6. The molecule has 7 heteroatoms. The molecule has 1 aromatic carbocycles. The normalized spacial score (nSPS) is 25.9. The fourth-order valence-electron chi connectivity index (χ4n) is 3.90. The second-order valence-corrected chi connectivity index (χ2v) is 9.05. The van der Waals surface area contributed by atoms with E-state index in [1.54, 1.807) is 24.3 Å². The van der Waals surface area contributed by atoms with E-state index in [0.29, 0.717) is 11.6 Å². The Morgan fingerprint density at radius 1 is 1.17 bits per heavy atom. The van der Waals surface area contributed by atoms with Crippen molar-refractivity contribution < 1.29 is 13.2 Å². The lowest BCUT2D eigenvalue weighted by Crippen LogP contribution is -2.48. The first-order valence-corrected chi connectivity index (χ1v) is 9.82. The van der Waals surface area contributed by atoms with Crippen molar-refractivity contribution in [1.82, 2.24) is 9.62 Å². The van der Waals surface area contributed by atoms with E-state index in [1.165, 1.54) is 33.4 Å². The highest BCUT2D eigenvalue weighted by atomic mass is 32.2. The number of anilines is 1. The van der Waals surface area contributed by atoms with Gasteiger partial charge in [0.15, 0.2) is 0 Å². The Labute approximate surface area is 144 Å². The second kappa shape index (κ2) is 6.72. The number of nitrogens with zero attached hydrogens (tertiary/aromatic N) is 2. The minimum absolute atomic E-state index is 0.196. The van der Waals surface area contributed by atoms with Gasteiger partial charge in [0.2, 0.25) is 5.91 Å². The van der Waals surface area contributed by atoms with Crippen LogP contribution in [0.5, 0.6) is 0 Å². The molecule has 0 radical (unpaired) electrons. The van der Waals surface area contributed by atoms with Crippen LogP contribution >= 0.6 is 0 Å². The van der Waals surface area contributed by atoms with Crippen LogP contribution in [0.15, 0.2) is 30.3 Å². The van der Waals surface area contributed by atoms with Gasteiger partial charge in [-0.1, -0.05) is 24.6 Å². The van der Waals surface area contributed by atoms with Crippen molar-refractivity contribution in [3.63, 3.8) is 0 Å². The number of carbonyl (C=O) groups is 1. The summed E-state index contributed by atoms with van der Waals surface area (Å²) in [6, 6.07) is 8.95. The highest BCUT2D eigenvalue weighted by Crippen LogP contribution is 2.44. The van der Waals surface area contributed by atoms with Crippen LogP contribution in [0.2, 0.25) is 0 Å². The van der Waals surface area contributed by atoms with E-state index in [-0.39, 0.29) is 18.5 Å². The third-order valence-electron chi connectivity index (χ3n) is 5.16. The molecule has 1 N–H and O–H groups in total. The quantitative estimate of drug-likeness (QED) is 0.846. The summed E-state index contributed by atoms with van der Waals surface area (Å²) in [6.07, 6.45) is 4.67. The van der Waals surface area contributed by atoms with Gasteiger partial charge in [-0.2, -0.15) is 12.7 Å². The van der Waals surface area contributed by atoms with Gasteiger partial charge in [0.05, 0.1) is 5.69 Å². The summed E-state index contributed by atoms with van der Waals surface area (Å²) < 4.78 is 27.5. The van der Waals surface area contributed by atoms with Crippen molar-refractivity contribution in [2.75, 3.05) is 24.9 Å². The zero-order chi connectivity index (χ0) is 17.3. The average Bonchev–Trinajstić information content (AvgIpc) is 3.16. The van der Waals surface area contributed by atoms with Crippen LogP contribution in [0.3, 0.4) is 0 Å². The van der Waals surface area contributed by atoms with Gasteiger partial charge in [-0.3, -0.25) is 4.79 Å². The van der Waals surface area contributed by atoms with E-state index in [2.05, 4.69) is 5.32 Å². The van der Waals surface area contributed by atoms with Crippen molar-refractivity contribution in [2.24, 2.45) is 11.8 Å². The molecule has 1 amide bonds. The number of hydrogen-bond donors (Lipinski definition) is 1. The number of carbonyl (C=O) groups excluding carboxylic acids is 1. The van der Waals surface area contributed by atoms with E-state index in [1.807, 2.05) is 6.07 Å². The fourth-order valence-corrected chi connectivity index (χ4v) is 4.96. The first kappa shape index (κ1) is 17.2. The third kappa shape index (κ3) is 3.42.